The fourth-order valence-corrected chi connectivity index (χ4v) is 3.84. The Morgan fingerprint density at radius 2 is 2.04 bits per heavy atom. The Morgan fingerprint density at radius 3 is 2.61 bits per heavy atom. The van der Waals surface area contributed by atoms with Crippen LogP contribution in [0.5, 0.6) is 0 Å². The molecule has 1 unspecified atom stereocenters. The Kier molecular flexibility index (Phi) is 6.59. The molecule has 1 amide bonds. The van der Waals surface area contributed by atoms with Crippen molar-refractivity contribution in [1.82, 2.24) is 10.2 Å². The van der Waals surface area contributed by atoms with Crippen LogP contribution >= 0.6 is 12.4 Å². The van der Waals surface area contributed by atoms with Crippen LogP contribution in [0.25, 0.3) is 0 Å². The van der Waals surface area contributed by atoms with Gasteiger partial charge in [0.15, 0.2) is 0 Å². The molecule has 2 rings (SSSR count). The minimum Gasteiger partial charge on any atom is -0.334 e. The van der Waals surface area contributed by atoms with E-state index in [1.807, 2.05) is 11.9 Å². The molecule has 130 valence electrons. The number of nitrogens with two attached hydrogens (primary N) is 1. The molecule has 0 aromatic heterocycles. The summed E-state index contributed by atoms with van der Waals surface area (Å²) in [6, 6.07) is 3.28. The third-order valence-electron chi connectivity index (χ3n) is 4.25. The summed E-state index contributed by atoms with van der Waals surface area (Å²) in [5.41, 5.74) is 1.72. The molecule has 0 aliphatic carbocycles. The second kappa shape index (κ2) is 7.61. The minimum atomic E-state index is -3.84. The number of nitrogens with one attached hydrogen (secondary N) is 1. The molecule has 1 aromatic rings. The average molecular weight is 362 g/mol. The molecule has 1 heterocycles. The Hall–Kier alpha value is -1.15. The number of likely N-dealkylation sites (N-methyl/N-ethyl adjacent to an activating group) is 1. The Labute approximate surface area is 143 Å². The van der Waals surface area contributed by atoms with Crippen molar-refractivity contribution in [3.8, 4) is 0 Å². The van der Waals surface area contributed by atoms with Crippen molar-refractivity contribution in [3.63, 3.8) is 0 Å². The molecule has 1 aliphatic heterocycles. The molecule has 3 N–H and O–H groups in total. The van der Waals surface area contributed by atoms with E-state index in [9.17, 15) is 13.2 Å². The predicted octanol–water partition coefficient (Wildman–Crippen LogP) is 1.20. The molecule has 8 heteroatoms. The van der Waals surface area contributed by atoms with Gasteiger partial charge in [-0.3, -0.25) is 4.79 Å². The van der Waals surface area contributed by atoms with Crippen molar-refractivity contribution in [2.75, 3.05) is 20.1 Å². The second-order valence-electron chi connectivity index (χ2n) is 5.81. The molecule has 0 bridgehead atoms. The quantitative estimate of drug-likeness (QED) is 0.842. The lowest BCUT2D eigenvalue weighted by atomic mass is 10.0. The Balaban J connectivity index is 0.00000264. The summed E-state index contributed by atoms with van der Waals surface area (Å²) in [6.45, 7) is 4.92. The molecule has 1 saturated heterocycles. The number of benzene rings is 1. The first kappa shape index (κ1) is 19.9. The van der Waals surface area contributed by atoms with Gasteiger partial charge in [-0.1, -0.05) is 0 Å². The average Bonchev–Trinajstić information content (AvgIpc) is 2.88. The van der Waals surface area contributed by atoms with E-state index in [-0.39, 0.29) is 29.3 Å². The van der Waals surface area contributed by atoms with Crippen molar-refractivity contribution in [1.29, 1.82) is 0 Å². The number of carbonyl (C=O) groups is 1. The van der Waals surface area contributed by atoms with Gasteiger partial charge in [-0.05, 0) is 57.0 Å². The van der Waals surface area contributed by atoms with Crippen LogP contribution in [0.4, 0.5) is 0 Å². The van der Waals surface area contributed by atoms with E-state index in [2.05, 4.69) is 5.32 Å². The highest BCUT2D eigenvalue weighted by atomic mass is 35.5. The van der Waals surface area contributed by atoms with Crippen LogP contribution in [0, 0.1) is 13.8 Å². The minimum absolute atomic E-state index is 0. The lowest BCUT2D eigenvalue weighted by Gasteiger charge is -2.25. The van der Waals surface area contributed by atoms with Gasteiger partial charge in [-0.25, -0.2) is 13.6 Å². The number of nitrogens with zero attached hydrogens (tertiary/aromatic N) is 1. The Morgan fingerprint density at radius 1 is 1.39 bits per heavy atom. The largest absolute Gasteiger partial charge is 0.334 e. The SMILES string of the molecule is CNCC1CCCN1C(=O)c1cc(C)c(C)c(S(N)(=O)=O)c1.Cl. The van der Waals surface area contributed by atoms with Gasteiger partial charge >= 0.3 is 0 Å². The third kappa shape index (κ3) is 4.23. The first-order valence-electron chi connectivity index (χ1n) is 7.35. The maximum atomic E-state index is 12.7. The second-order valence-corrected chi connectivity index (χ2v) is 7.34. The number of amides is 1. The van der Waals surface area contributed by atoms with E-state index in [4.69, 9.17) is 5.14 Å². The number of hydrogen-bond acceptors (Lipinski definition) is 4. The topological polar surface area (TPSA) is 92.5 Å². The lowest BCUT2D eigenvalue weighted by Crippen LogP contribution is -2.41. The number of sulfonamides is 1. The highest BCUT2D eigenvalue weighted by molar-refractivity contribution is 7.89. The molecule has 1 fully saturated rings. The van der Waals surface area contributed by atoms with Gasteiger partial charge in [-0.2, -0.15) is 0 Å². The Bertz CT molecular complexity index is 691. The molecule has 6 nitrogen and oxygen atoms in total. The standard InChI is InChI=1S/C15H23N3O3S.ClH/c1-10-7-12(8-14(11(10)2)22(16,20)21)15(19)18-6-4-5-13(18)9-17-3;/h7-8,13,17H,4-6,9H2,1-3H3,(H2,16,20,21);1H. The summed E-state index contributed by atoms with van der Waals surface area (Å²) < 4.78 is 23.4. The molecule has 1 aliphatic rings. The highest BCUT2D eigenvalue weighted by Crippen LogP contribution is 2.24. The molecule has 0 saturated carbocycles. The van der Waals surface area contributed by atoms with Crippen molar-refractivity contribution in [2.45, 2.75) is 37.6 Å². The van der Waals surface area contributed by atoms with E-state index in [1.165, 1.54) is 6.07 Å². The fraction of sp³-hybridized carbons (Fsp3) is 0.533. The van der Waals surface area contributed by atoms with Gasteiger partial charge in [0.2, 0.25) is 10.0 Å². The van der Waals surface area contributed by atoms with Crippen LogP contribution in [0.1, 0.15) is 34.3 Å². The first-order chi connectivity index (χ1) is 10.3. The monoisotopic (exact) mass is 361 g/mol. The van der Waals surface area contributed by atoms with Crippen molar-refractivity contribution >= 4 is 28.3 Å². The first-order valence-corrected chi connectivity index (χ1v) is 8.90. The van der Waals surface area contributed by atoms with Gasteiger partial charge in [-0.15, -0.1) is 12.4 Å². The molecular formula is C15H24ClN3O3S. The van der Waals surface area contributed by atoms with Gasteiger partial charge in [0.25, 0.3) is 5.91 Å². The summed E-state index contributed by atoms with van der Waals surface area (Å²) >= 11 is 0. The summed E-state index contributed by atoms with van der Waals surface area (Å²) in [5, 5.41) is 8.35. The zero-order valence-corrected chi connectivity index (χ0v) is 15.3. The van der Waals surface area contributed by atoms with E-state index in [0.717, 1.165) is 24.9 Å². The third-order valence-corrected chi connectivity index (χ3v) is 5.29. The van der Waals surface area contributed by atoms with Crippen LogP contribution in [-0.4, -0.2) is 45.4 Å². The smallest absolute Gasteiger partial charge is 0.254 e. The molecule has 0 radical (unpaired) electrons. The maximum absolute atomic E-state index is 12.7. The predicted molar refractivity (Wildman–Crippen MR) is 92.5 cm³/mol. The van der Waals surface area contributed by atoms with Crippen LogP contribution < -0.4 is 10.5 Å². The van der Waals surface area contributed by atoms with Gasteiger partial charge in [0, 0.05) is 24.7 Å². The van der Waals surface area contributed by atoms with E-state index >= 15 is 0 Å². The molecule has 0 spiro atoms. The fourth-order valence-electron chi connectivity index (χ4n) is 2.96. The van der Waals surface area contributed by atoms with E-state index in [0.29, 0.717) is 17.7 Å². The normalized spacial score (nSPS) is 17.9. The number of hydrogen-bond donors (Lipinski definition) is 2. The maximum Gasteiger partial charge on any atom is 0.254 e. The number of primary sulfonamides is 1. The zero-order chi connectivity index (χ0) is 16.5. The van der Waals surface area contributed by atoms with Crippen molar-refractivity contribution in [2.24, 2.45) is 5.14 Å². The van der Waals surface area contributed by atoms with Crippen LogP contribution in [0.3, 0.4) is 0 Å². The van der Waals surface area contributed by atoms with E-state index < -0.39 is 10.0 Å². The van der Waals surface area contributed by atoms with Crippen LogP contribution in [0.2, 0.25) is 0 Å². The van der Waals surface area contributed by atoms with Crippen molar-refractivity contribution in [3.05, 3.63) is 28.8 Å². The zero-order valence-electron chi connectivity index (χ0n) is 13.6. The molecule has 1 aromatic carbocycles. The summed E-state index contributed by atoms with van der Waals surface area (Å²) in [5.74, 6) is -0.134. The number of aryl methyl sites for hydroxylation is 1. The van der Waals surface area contributed by atoms with Crippen molar-refractivity contribution < 1.29 is 13.2 Å². The highest BCUT2D eigenvalue weighted by Gasteiger charge is 2.29. The number of likely N-dealkylation sites (tertiary alicyclic amines) is 1. The van der Waals surface area contributed by atoms with Gasteiger partial charge in [0.1, 0.15) is 0 Å². The summed E-state index contributed by atoms with van der Waals surface area (Å²) in [6.07, 6.45) is 1.92. The van der Waals surface area contributed by atoms with Crippen LogP contribution in [-0.2, 0) is 10.0 Å². The number of rotatable bonds is 4. The van der Waals surface area contributed by atoms with Crippen LogP contribution in [0.15, 0.2) is 17.0 Å². The number of carbonyl (C=O) groups excluding carboxylic acids is 1. The van der Waals surface area contributed by atoms with Gasteiger partial charge < -0.3 is 10.2 Å². The molecule has 23 heavy (non-hydrogen) atoms. The van der Waals surface area contributed by atoms with Gasteiger partial charge in [0.05, 0.1) is 4.90 Å². The van der Waals surface area contributed by atoms with E-state index in [1.54, 1.807) is 19.9 Å². The molecular weight excluding hydrogens is 338 g/mol. The lowest BCUT2D eigenvalue weighted by molar-refractivity contribution is 0.0736. The number of halogens is 1. The summed E-state index contributed by atoms with van der Waals surface area (Å²) in [4.78, 5) is 14.6. The molecule has 1 atom stereocenters. The summed E-state index contributed by atoms with van der Waals surface area (Å²) in [7, 11) is -1.99.